The summed E-state index contributed by atoms with van der Waals surface area (Å²) in [5.41, 5.74) is -0.397. The van der Waals surface area contributed by atoms with E-state index in [0.717, 1.165) is 13.0 Å². The minimum atomic E-state index is -0.397. The lowest BCUT2D eigenvalue weighted by atomic mass is 10.2. The second-order valence-corrected chi connectivity index (χ2v) is 5.71. The number of ether oxygens (including phenoxy) is 1. The molecule has 3 nitrogen and oxygen atoms in total. The lowest BCUT2D eigenvalue weighted by molar-refractivity contribution is 0.0268. The number of rotatable bonds is 0. The van der Waals surface area contributed by atoms with Crippen LogP contribution in [-0.2, 0) is 4.74 Å². The van der Waals surface area contributed by atoms with E-state index in [2.05, 4.69) is 28.7 Å². The molecule has 1 amide bonds. The van der Waals surface area contributed by atoms with E-state index in [9.17, 15) is 4.79 Å². The zero-order valence-corrected chi connectivity index (χ0v) is 11.0. The summed E-state index contributed by atoms with van der Waals surface area (Å²) in [6, 6.07) is 0. The summed E-state index contributed by atoms with van der Waals surface area (Å²) in [5.74, 6) is 0. The molecular formula is C10H16INO2. The molecule has 4 heteroatoms. The molecule has 0 bridgehead atoms. The molecule has 0 spiro atoms. The average molecular weight is 309 g/mol. The fourth-order valence-electron chi connectivity index (χ4n) is 1.14. The first-order chi connectivity index (χ1) is 6.38. The molecule has 0 radical (unpaired) electrons. The molecule has 1 aliphatic heterocycles. The number of hydrogen-bond donors (Lipinski definition) is 0. The number of hydrogen-bond acceptors (Lipinski definition) is 2. The highest BCUT2D eigenvalue weighted by molar-refractivity contribution is 14.1. The Morgan fingerprint density at radius 1 is 1.57 bits per heavy atom. The normalized spacial score (nSPS) is 17.7. The average Bonchev–Trinajstić information content (AvgIpc) is 2.02. The first-order valence-corrected chi connectivity index (χ1v) is 5.79. The zero-order chi connectivity index (χ0) is 10.8. The van der Waals surface area contributed by atoms with Gasteiger partial charge >= 0.3 is 6.09 Å². The van der Waals surface area contributed by atoms with E-state index in [1.165, 1.54) is 3.58 Å². The van der Waals surface area contributed by atoms with Gasteiger partial charge in [0.2, 0.25) is 0 Å². The van der Waals surface area contributed by atoms with Gasteiger partial charge in [0.25, 0.3) is 0 Å². The van der Waals surface area contributed by atoms with Crippen LogP contribution in [0.25, 0.3) is 0 Å². The van der Waals surface area contributed by atoms with Crippen LogP contribution in [0.3, 0.4) is 0 Å². The van der Waals surface area contributed by atoms with Crippen molar-refractivity contribution >= 4 is 28.7 Å². The van der Waals surface area contributed by atoms with Crippen LogP contribution in [0.2, 0.25) is 0 Å². The van der Waals surface area contributed by atoms with Gasteiger partial charge in [-0.1, -0.05) is 6.08 Å². The van der Waals surface area contributed by atoms with Crippen LogP contribution in [0.1, 0.15) is 27.2 Å². The largest absolute Gasteiger partial charge is 0.444 e. The third-order valence-electron chi connectivity index (χ3n) is 1.81. The smallest absolute Gasteiger partial charge is 0.410 e. The SMILES string of the molecule is CC(C)(C)OC(=O)N1CC=C(I)CC1. The molecule has 0 atom stereocenters. The molecule has 1 rings (SSSR count). The Morgan fingerprint density at radius 2 is 2.21 bits per heavy atom. The van der Waals surface area contributed by atoms with Gasteiger partial charge in [0.05, 0.1) is 0 Å². The fourth-order valence-corrected chi connectivity index (χ4v) is 1.57. The molecule has 1 heterocycles. The minimum Gasteiger partial charge on any atom is -0.444 e. The molecule has 0 aromatic heterocycles. The quantitative estimate of drug-likeness (QED) is 0.644. The number of carbonyl (C=O) groups is 1. The van der Waals surface area contributed by atoms with Crippen molar-refractivity contribution in [3.05, 3.63) is 9.66 Å². The van der Waals surface area contributed by atoms with Gasteiger partial charge in [0.1, 0.15) is 5.60 Å². The van der Waals surface area contributed by atoms with E-state index in [1.807, 2.05) is 20.8 Å². The van der Waals surface area contributed by atoms with E-state index in [-0.39, 0.29) is 6.09 Å². The number of carbonyl (C=O) groups excluding carboxylic acids is 1. The van der Waals surface area contributed by atoms with E-state index >= 15 is 0 Å². The van der Waals surface area contributed by atoms with Crippen molar-refractivity contribution in [2.24, 2.45) is 0 Å². The van der Waals surface area contributed by atoms with Gasteiger partial charge in [-0.05, 0) is 53.4 Å². The third kappa shape index (κ3) is 3.86. The predicted octanol–water partition coefficient (Wildman–Crippen LogP) is 2.95. The topological polar surface area (TPSA) is 29.5 Å². The van der Waals surface area contributed by atoms with Crippen LogP contribution in [0.5, 0.6) is 0 Å². The second-order valence-electron chi connectivity index (χ2n) is 4.33. The molecule has 0 saturated carbocycles. The maximum absolute atomic E-state index is 11.6. The molecule has 14 heavy (non-hydrogen) atoms. The van der Waals surface area contributed by atoms with Crippen LogP contribution in [-0.4, -0.2) is 29.7 Å². The molecule has 0 fully saturated rings. The molecule has 0 N–H and O–H groups in total. The van der Waals surface area contributed by atoms with E-state index < -0.39 is 5.60 Å². The third-order valence-corrected chi connectivity index (χ3v) is 2.79. The maximum atomic E-state index is 11.6. The number of amides is 1. The predicted molar refractivity (Wildman–Crippen MR) is 64.5 cm³/mol. The highest BCUT2D eigenvalue weighted by Crippen LogP contribution is 2.18. The van der Waals surface area contributed by atoms with Gasteiger partial charge in [-0.15, -0.1) is 0 Å². The zero-order valence-electron chi connectivity index (χ0n) is 8.84. The summed E-state index contributed by atoms with van der Waals surface area (Å²) < 4.78 is 6.59. The van der Waals surface area contributed by atoms with Crippen molar-refractivity contribution in [1.29, 1.82) is 0 Å². The molecule has 0 aromatic carbocycles. The molecule has 1 aliphatic rings. The van der Waals surface area contributed by atoms with Crippen LogP contribution in [0.4, 0.5) is 4.79 Å². The van der Waals surface area contributed by atoms with E-state index in [1.54, 1.807) is 4.90 Å². The molecule has 0 unspecified atom stereocenters. The molecule has 80 valence electrons. The van der Waals surface area contributed by atoms with Gasteiger partial charge in [0.15, 0.2) is 0 Å². The number of nitrogens with zero attached hydrogens (tertiary/aromatic N) is 1. The van der Waals surface area contributed by atoms with Gasteiger partial charge in [-0.3, -0.25) is 0 Å². The van der Waals surface area contributed by atoms with Crippen LogP contribution < -0.4 is 0 Å². The highest BCUT2D eigenvalue weighted by Gasteiger charge is 2.22. The van der Waals surface area contributed by atoms with Gasteiger partial charge in [-0.2, -0.15) is 0 Å². The number of halogens is 1. The van der Waals surface area contributed by atoms with Crippen LogP contribution in [0, 0.1) is 0 Å². The summed E-state index contributed by atoms with van der Waals surface area (Å²) in [7, 11) is 0. The Labute approximate surface area is 98.6 Å². The molecule has 0 saturated heterocycles. The highest BCUT2D eigenvalue weighted by atomic mass is 127. The fraction of sp³-hybridized carbons (Fsp3) is 0.700. The van der Waals surface area contributed by atoms with Crippen molar-refractivity contribution in [3.63, 3.8) is 0 Å². The van der Waals surface area contributed by atoms with Gasteiger partial charge in [0, 0.05) is 13.1 Å². The van der Waals surface area contributed by atoms with Crippen LogP contribution >= 0.6 is 22.6 Å². The Bertz CT molecular complexity index is 255. The summed E-state index contributed by atoms with van der Waals surface area (Å²) >= 11 is 2.30. The molecule has 0 aliphatic carbocycles. The maximum Gasteiger partial charge on any atom is 0.410 e. The first-order valence-electron chi connectivity index (χ1n) is 4.71. The van der Waals surface area contributed by atoms with Crippen molar-refractivity contribution in [2.45, 2.75) is 32.8 Å². The molecular weight excluding hydrogens is 293 g/mol. The lowest BCUT2D eigenvalue weighted by Crippen LogP contribution is -2.38. The van der Waals surface area contributed by atoms with Crippen molar-refractivity contribution in [1.82, 2.24) is 4.90 Å². The van der Waals surface area contributed by atoms with Crippen molar-refractivity contribution in [2.75, 3.05) is 13.1 Å². The van der Waals surface area contributed by atoms with Gasteiger partial charge in [-0.25, -0.2) is 4.79 Å². The van der Waals surface area contributed by atoms with E-state index in [0.29, 0.717) is 6.54 Å². The minimum absolute atomic E-state index is 0.211. The Morgan fingerprint density at radius 3 is 2.64 bits per heavy atom. The Hall–Kier alpha value is -0.260. The Kier molecular flexibility index (Phi) is 3.80. The van der Waals surface area contributed by atoms with E-state index in [4.69, 9.17) is 4.74 Å². The monoisotopic (exact) mass is 309 g/mol. The molecule has 0 aromatic rings. The van der Waals surface area contributed by atoms with Crippen molar-refractivity contribution in [3.8, 4) is 0 Å². The Balaban J connectivity index is 2.47. The first kappa shape index (κ1) is 11.8. The van der Waals surface area contributed by atoms with Crippen molar-refractivity contribution < 1.29 is 9.53 Å². The lowest BCUT2D eigenvalue weighted by Gasteiger charge is -2.28. The second kappa shape index (κ2) is 4.51. The van der Waals surface area contributed by atoms with Crippen LogP contribution in [0.15, 0.2) is 9.66 Å². The summed E-state index contributed by atoms with van der Waals surface area (Å²) in [6.45, 7) is 7.09. The summed E-state index contributed by atoms with van der Waals surface area (Å²) in [6.07, 6.45) is 2.80. The van der Waals surface area contributed by atoms with Gasteiger partial charge < -0.3 is 9.64 Å². The standard InChI is InChI=1S/C10H16INO2/c1-10(2,3)14-9(13)12-6-4-8(11)5-7-12/h4H,5-7H2,1-3H3. The summed E-state index contributed by atoms with van der Waals surface area (Å²) in [5, 5.41) is 0. The summed E-state index contributed by atoms with van der Waals surface area (Å²) in [4.78, 5) is 13.3.